The summed E-state index contributed by atoms with van der Waals surface area (Å²) in [6.07, 6.45) is 7.41. The largest absolute Gasteiger partial charge is 0.355 e. The molecule has 1 N–H and O–H groups in total. The highest BCUT2D eigenvalue weighted by molar-refractivity contribution is 7.11. The molecule has 2 aliphatic rings. The van der Waals surface area contributed by atoms with Crippen LogP contribution in [0.2, 0.25) is 0 Å². The van der Waals surface area contributed by atoms with Crippen molar-refractivity contribution in [1.82, 2.24) is 15.2 Å². The van der Waals surface area contributed by atoms with Crippen molar-refractivity contribution >= 4 is 23.2 Å². The minimum absolute atomic E-state index is 0.0582. The smallest absolute Gasteiger partial charge is 0.224 e. The molecule has 0 unspecified atom stereocenters. The van der Waals surface area contributed by atoms with E-state index in [1.807, 2.05) is 11.3 Å². The van der Waals surface area contributed by atoms with Gasteiger partial charge in [0.05, 0.1) is 16.6 Å². The summed E-state index contributed by atoms with van der Waals surface area (Å²) in [4.78, 5) is 31.7. The van der Waals surface area contributed by atoms with Crippen LogP contribution in [0.25, 0.3) is 0 Å². The number of fused-ring (bicyclic) bond motifs is 1. The number of aryl methyl sites for hydroxylation is 2. The van der Waals surface area contributed by atoms with E-state index in [0.29, 0.717) is 13.1 Å². The monoisotopic (exact) mass is 335 g/mol. The van der Waals surface area contributed by atoms with Gasteiger partial charge in [0, 0.05) is 37.9 Å². The summed E-state index contributed by atoms with van der Waals surface area (Å²) in [5.74, 6) is 0.0882. The maximum absolute atomic E-state index is 12.3. The van der Waals surface area contributed by atoms with Crippen molar-refractivity contribution in [3.8, 4) is 0 Å². The van der Waals surface area contributed by atoms with Gasteiger partial charge in [0.1, 0.15) is 0 Å². The van der Waals surface area contributed by atoms with Crippen molar-refractivity contribution in [3.05, 3.63) is 15.6 Å². The Balaban J connectivity index is 1.45. The van der Waals surface area contributed by atoms with E-state index in [4.69, 9.17) is 4.98 Å². The first-order chi connectivity index (χ1) is 11.1. The van der Waals surface area contributed by atoms with E-state index in [1.54, 1.807) is 11.8 Å². The minimum Gasteiger partial charge on any atom is -0.355 e. The van der Waals surface area contributed by atoms with Crippen molar-refractivity contribution in [2.45, 2.75) is 51.9 Å². The number of nitrogens with one attached hydrogen (secondary N) is 1. The predicted molar refractivity (Wildman–Crippen MR) is 90.4 cm³/mol. The SMILES string of the molecule is CC(=O)N1CCC[C@@H](C(=O)NCCc2nc3c(s2)CCCC3)C1. The summed E-state index contributed by atoms with van der Waals surface area (Å²) >= 11 is 1.81. The van der Waals surface area contributed by atoms with Crippen LogP contribution in [0.4, 0.5) is 0 Å². The Labute approximate surface area is 141 Å². The number of hydrogen-bond donors (Lipinski definition) is 1. The minimum atomic E-state index is -0.0582. The molecule has 1 aliphatic carbocycles. The van der Waals surface area contributed by atoms with Crippen LogP contribution >= 0.6 is 11.3 Å². The molecule has 2 amide bonds. The van der Waals surface area contributed by atoms with Crippen LogP contribution in [0.15, 0.2) is 0 Å². The number of carbonyl (C=O) groups is 2. The molecule has 0 spiro atoms. The third-order valence-corrected chi connectivity index (χ3v) is 5.98. The topological polar surface area (TPSA) is 62.3 Å². The van der Waals surface area contributed by atoms with Gasteiger partial charge in [-0.1, -0.05) is 0 Å². The summed E-state index contributed by atoms with van der Waals surface area (Å²) < 4.78 is 0. The van der Waals surface area contributed by atoms with E-state index in [1.165, 1.54) is 29.8 Å². The molecule has 0 bridgehead atoms. The first-order valence-corrected chi connectivity index (χ1v) is 9.46. The second-order valence-electron chi connectivity index (χ2n) is 6.53. The van der Waals surface area contributed by atoms with E-state index in [-0.39, 0.29) is 17.7 Å². The fraction of sp³-hybridized carbons (Fsp3) is 0.706. The number of thiazole rings is 1. The zero-order valence-electron chi connectivity index (χ0n) is 13.8. The molecule has 1 aromatic heterocycles. The second kappa shape index (κ2) is 7.43. The van der Waals surface area contributed by atoms with Crippen LogP contribution in [-0.2, 0) is 28.9 Å². The van der Waals surface area contributed by atoms with Gasteiger partial charge in [-0.25, -0.2) is 4.98 Å². The Morgan fingerprint density at radius 2 is 2.13 bits per heavy atom. The van der Waals surface area contributed by atoms with Gasteiger partial charge in [0.15, 0.2) is 0 Å². The van der Waals surface area contributed by atoms with Crippen LogP contribution in [0.5, 0.6) is 0 Å². The zero-order chi connectivity index (χ0) is 16.2. The molecule has 1 atom stereocenters. The highest BCUT2D eigenvalue weighted by Crippen LogP contribution is 2.26. The van der Waals surface area contributed by atoms with Crippen molar-refractivity contribution in [1.29, 1.82) is 0 Å². The Bertz CT molecular complexity index is 561. The molecule has 1 aliphatic heterocycles. The summed E-state index contributed by atoms with van der Waals surface area (Å²) in [6, 6.07) is 0. The van der Waals surface area contributed by atoms with E-state index in [2.05, 4.69) is 5.32 Å². The Morgan fingerprint density at radius 1 is 1.30 bits per heavy atom. The van der Waals surface area contributed by atoms with Gasteiger partial charge in [-0.2, -0.15) is 0 Å². The molecular weight excluding hydrogens is 310 g/mol. The summed E-state index contributed by atoms with van der Waals surface area (Å²) in [5, 5.41) is 4.18. The van der Waals surface area contributed by atoms with Gasteiger partial charge in [0.2, 0.25) is 11.8 Å². The third kappa shape index (κ3) is 4.10. The highest BCUT2D eigenvalue weighted by atomic mass is 32.1. The van der Waals surface area contributed by atoms with Gasteiger partial charge in [-0.05, 0) is 38.5 Å². The number of aromatic nitrogens is 1. The standard InChI is InChI=1S/C17H25N3O2S/c1-12(21)20-10-4-5-13(11-20)17(22)18-9-8-16-19-14-6-2-3-7-15(14)23-16/h13H,2-11H2,1H3,(H,18,22)/t13-/m1/s1. The summed E-state index contributed by atoms with van der Waals surface area (Å²) in [6.45, 7) is 3.56. The van der Waals surface area contributed by atoms with Crippen LogP contribution in [0.1, 0.15) is 48.2 Å². The second-order valence-corrected chi connectivity index (χ2v) is 7.70. The fourth-order valence-electron chi connectivity index (χ4n) is 3.43. The Hall–Kier alpha value is -1.43. The number of piperidine rings is 1. The lowest BCUT2D eigenvalue weighted by Gasteiger charge is -2.31. The van der Waals surface area contributed by atoms with E-state index < -0.39 is 0 Å². The summed E-state index contributed by atoms with van der Waals surface area (Å²) in [7, 11) is 0. The van der Waals surface area contributed by atoms with E-state index in [9.17, 15) is 9.59 Å². The van der Waals surface area contributed by atoms with Crippen molar-refractivity contribution < 1.29 is 9.59 Å². The first kappa shape index (κ1) is 16.4. The molecule has 3 rings (SSSR count). The molecule has 1 aromatic rings. The molecule has 0 aromatic carbocycles. The molecule has 2 heterocycles. The normalized spacial score (nSPS) is 20.9. The number of rotatable bonds is 4. The molecule has 0 radical (unpaired) electrons. The maximum atomic E-state index is 12.3. The van der Waals surface area contributed by atoms with Crippen LogP contribution < -0.4 is 5.32 Å². The quantitative estimate of drug-likeness (QED) is 0.915. The molecule has 6 heteroatoms. The third-order valence-electron chi connectivity index (χ3n) is 4.77. The van der Waals surface area contributed by atoms with Crippen molar-refractivity contribution in [2.24, 2.45) is 5.92 Å². The molecule has 23 heavy (non-hydrogen) atoms. The summed E-state index contributed by atoms with van der Waals surface area (Å²) in [5.41, 5.74) is 1.28. The number of likely N-dealkylation sites (tertiary alicyclic amines) is 1. The molecule has 5 nitrogen and oxygen atoms in total. The van der Waals surface area contributed by atoms with E-state index in [0.717, 1.165) is 37.2 Å². The van der Waals surface area contributed by atoms with Crippen LogP contribution in [0, 0.1) is 5.92 Å². The first-order valence-electron chi connectivity index (χ1n) is 8.64. The van der Waals surface area contributed by atoms with Crippen molar-refractivity contribution in [2.75, 3.05) is 19.6 Å². The molecular formula is C17H25N3O2S. The van der Waals surface area contributed by atoms with Gasteiger partial charge < -0.3 is 10.2 Å². The lowest BCUT2D eigenvalue weighted by Crippen LogP contribution is -2.45. The Kier molecular flexibility index (Phi) is 5.30. The number of amides is 2. The van der Waals surface area contributed by atoms with Crippen LogP contribution in [-0.4, -0.2) is 41.3 Å². The average molecular weight is 335 g/mol. The van der Waals surface area contributed by atoms with E-state index >= 15 is 0 Å². The van der Waals surface area contributed by atoms with Gasteiger partial charge in [-0.15, -0.1) is 11.3 Å². The average Bonchev–Trinajstić information content (AvgIpc) is 2.97. The van der Waals surface area contributed by atoms with Crippen molar-refractivity contribution in [3.63, 3.8) is 0 Å². The van der Waals surface area contributed by atoms with Gasteiger partial charge in [0.25, 0.3) is 0 Å². The number of nitrogens with zero attached hydrogens (tertiary/aromatic N) is 2. The zero-order valence-corrected chi connectivity index (χ0v) is 14.6. The highest BCUT2D eigenvalue weighted by Gasteiger charge is 2.26. The number of hydrogen-bond acceptors (Lipinski definition) is 4. The fourth-order valence-corrected chi connectivity index (χ4v) is 4.58. The van der Waals surface area contributed by atoms with Crippen LogP contribution in [0.3, 0.4) is 0 Å². The lowest BCUT2D eigenvalue weighted by molar-refractivity contribution is -0.133. The maximum Gasteiger partial charge on any atom is 0.224 e. The molecule has 0 saturated carbocycles. The number of carbonyl (C=O) groups excluding carboxylic acids is 2. The molecule has 1 saturated heterocycles. The molecule has 1 fully saturated rings. The van der Waals surface area contributed by atoms with Gasteiger partial charge >= 0.3 is 0 Å². The lowest BCUT2D eigenvalue weighted by atomic mass is 9.97. The Morgan fingerprint density at radius 3 is 2.91 bits per heavy atom. The molecule has 126 valence electrons. The predicted octanol–water partition coefficient (Wildman–Crippen LogP) is 1.94. The van der Waals surface area contributed by atoms with Gasteiger partial charge in [-0.3, -0.25) is 9.59 Å².